The number of hydrogen-bond acceptors (Lipinski definition) is 7. The van der Waals surface area contributed by atoms with Crippen LogP contribution < -0.4 is 15.6 Å². The van der Waals surface area contributed by atoms with Crippen LogP contribution in [0.2, 0.25) is 0 Å². The third kappa shape index (κ3) is 4.30. The topological polar surface area (TPSA) is 109 Å². The van der Waals surface area contributed by atoms with Crippen LogP contribution in [0.5, 0.6) is 0 Å². The fourth-order valence-corrected chi connectivity index (χ4v) is 4.13. The Bertz CT molecular complexity index is 1220. The summed E-state index contributed by atoms with van der Waals surface area (Å²) in [5, 5.41) is 20.8. The Morgan fingerprint density at radius 1 is 1.25 bits per heavy atom. The predicted molar refractivity (Wildman–Crippen MR) is 123 cm³/mol. The van der Waals surface area contributed by atoms with Crippen LogP contribution in [0.15, 0.2) is 39.7 Å². The molecule has 0 spiro atoms. The summed E-state index contributed by atoms with van der Waals surface area (Å²) >= 11 is 0. The summed E-state index contributed by atoms with van der Waals surface area (Å²) in [5.41, 5.74) is 2.41. The smallest absolute Gasteiger partial charge is 0.339 e. The van der Waals surface area contributed by atoms with Crippen LogP contribution in [0.4, 0.5) is 11.7 Å². The van der Waals surface area contributed by atoms with E-state index >= 15 is 0 Å². The molecule has 3 heterocycles. The van der Waals surface area contributed by atoms with Crippen molar-refractivity contribution in [1.29, 1.82) is 0 Å². The maximum atomic E-state index is 13.0. The number of aromatic nitrogens is 2. The van der Waals surface area contributed by atoms with Crippen molar-refractivity contribution in [3.05, 3.63) is 57.4 Å². The minimum Gasteiger partial charge on any atom is -0.478 e. The summed E-state index contributed by atoms with van der Waals surface area (Å²) < 4.78 is 6.31. The number of aryl methyl sites for hydroxylation is 1. The Hall–Kier alpha value is -3.42. The van der Waals surface area contributed by atoms with Gasteiger partial charge in [0.1, 0.15) is 11.1 Å². The number of benzene rings is 1. The molecule has 168 valence electrons. The third-order valence-electron chi connectivity index (χ3n) is 6.19. The second-order valence-corrected chi connectivity index (χ2v) is 9.30. The average molecular weight is 437 g/mol. The Morgan fingerprint density at radius 3 is 2.66 bits per heavy atom. The van der Waals surface area contributed by atoms with Crippen LogP contribution in [-0.2, 0) is 0 Å². The van der Waals surface area contributed by atoms with Gasteiger partial charge < -0.3 is 19.7 Å². The highest BCUT2D eigenvalue weighted by atomic mass is 16.4. The second kappa shape index (κ2) is 8.26. The van der Waals surface area contributed by atoms with Gasteiger partial charge in [0.15, 0.2) is 17.1 Å². The minimum atomic E-state index is -1.09. The summed E-state index contributed by atoms with van der Waals surface area (Å²) in [6.07, 6.45) is 3.39. The van der Waals surface area contributed by atoms with Crippen LogP contribution in [0.25, 0.3) is 11.0 Å². The standard InChI is InChI=1S/C24H28N4O4/c1-14-11-17(15(2)26-22-16(23(30)31)5-8-25-27-22)21-18(12-14)19(29)13-20(32-21)28-9-6-24(3,4)7-10-28/h5,8,11-13,15H,6-7,9-10H2,1-4H3,(H,26,27)(H,30,31). The number of carboxylic acids is 1. The highest BCUT2D eigenvalue weighted by molar-refractivity contribution is 5.93. The van der Waals surface area contributed by atoms with Crippen molar-refractivity contribution in [2.24, 2.45) is 5.41 Å². The number of carboxylic acid groups (broad SMARTS) is 1. The van der Waals surface area contributed by atoms with Crippen LogP contribution in [0.3, 0.4) is 0 Å². The maximum absolute atomic E-state index is 13.0. The van der Waals surface area contributed by atoms with Crippen LogP contribution in [-0.4, -0.2) is 34.4 Å². The van der Waals surface area contributed by atoms with E-state index in [0.717, 1.165) is 37.1 Å². The molecule has 32 heavy (non-hydrogen) atoms. The van der Waals surface area contributed by atoms with Gasteiger partial charge in [-0.25, -0.2) is 4.79 Å². The van der Waals surface area contributed by atoms with Gasteiger partial charge in [0, 0.05) is 24.7 Å². The molecular weight excluding hydrogens is 408 g/mol. The summed E-state index contributed by atoms with van der Waals surface area (Å²) in [6, 6.07) is 6.38. The van der Waals surface area contributed by atoms with Gasteiger partial charge >= 0.3 is 5.97 Å². The first-order valence-corrected chi connectivity index (χ1v) is 10.8. The molecule has 0 bridgehead atoms. The molecule has 3 aromatic rings. The van der Waals surface area contributed by atoms with Crippen molar-refractivity contribution in [3.8, 4) is 0 Å². The number of nitrogens with zero attached hydrogens (tertiary/aromatic N) is 3. The lowest BCUT2D eigenvalue weighted by Crippen LogP contribution is -2.37. The zero-order valence-electron chi connectivity index (χ0n) is 18.8. The summed E-state index contributed by atoms with van der Waals surface area (Å²) in [4.78, 5) is 26.7. The highest BCUT2D eigenvalue weighted by Crippen LogP contribution is 2.34. The molecule has 8 heteroatoms. The summed E-state index contributed by atoms with van der Waals surface area (Å²) in [7, 11) is 0. The van der Waals surface area contributed by atoms with Gasteiger partial charge in [0.05, 0.1) is 17.6 Å². The van der Waals surface area contributed by atoms with E-state index < -0.39 is 5.97 Å². The number of anilines is 2. The van der Waals surface area contributed by atoms with Gasteiger partial charge in [0.25, 0.3) is 0 Å². The van der Waals surface area contributed by atoms with E-state index in [-0.39, 0.29) is 28.3 Å². The lowest BCUT2D eigenvalue weighted by molar-refractivity contribution is 0.0697. The molecule has 1 aliphatic heterocycles. The van der Waals surface area contributed by atoms with Crippen molar-refractivity contribution in [1.82, 2.24) is 10.2 Å². The van der Waals surface area contributed by atoms with E-state index in [0.29, 0.717) is 16.9 Å². The molecule has 1 unspecified atom stereocenters. The molecule has 0 radical (unpaired) electrons. The predicted octanol–water partition coefficient (Wildman–Crippen LogP) is 4.39. The minimum absolute atomic E-state index is 0.0295. The molecule has 2 N–H and O–H groups in total. The summed E-state index contributed by atoms with van der Waals surface area (Å²) in [5.74, 6) is -0.356. The Balaban J connectivity index is 1.75. The number of aromatic carboxylic acids is 1. The number of rotatable bonds is 5. The molecule has 8 nitrogen and oxygen atoms in total. The van der Waals surface area contributed by atoms with Gasteiger partial charge in [0.2, 0.25) is 0 Å². The molecule has 1 aliphatic rings. The Morgan fingerprint density at radius 2 is 1.97 bits per heavy atom. The van der Waals surface area contributed by atoms with Crippen LogP contribution in [0.1, 0.15) is 61.1 Å². The molecule has 4 rings (SSSR count). The SMILES string of the molecule is Cc1cc(C(C)Nc2nnccc2C(=O)O)c2oc(N3CCC(C)(C)CC3)cc(=O)c2c1. The lowest BCUT2D eigenvalue weighted by atomic mass is 9.83. The number of fused-ring (bicyclic) bond motifs is 1. The fraction of sp³-hybridized carbons (Fsp3) is 0.417. The molecule has 1 aromatic carbocycles. The largest absolute Gasteiger partial charge is 0.478 e. The van der Waals surface area contributed by atoms with Crippen molar-refractivity contribution in [3.63, 3.8) is 0 Å². The van der Waals surface area contributed by atoms with Crippen molar-refractivity contribution in [2.45, 2.75) is 46.6 Å². The molecule has 1 saturated heterocycles. The van der Waals surface area contributed by atoms with Gasteiger partial charge in [-0.2, -0.15) is 5.10 Å². The number of piperidine rings is 1. The van der Waals surface area contributed by atoms with E-state index in [1.54, 1.807) is 6.07 Å². The molecule has 2 aromatic heterocycles. The molecule has 1 atom stereocenters. The van der Waals surface area contributed by atoms with E-state index in [1.165, 1.54) is 12.3 Å². The zero-order chi connectivity index (χ0) is 23.0. The third-order valence-corrected chi connectivity index (χ3v) is 6.19. The first-order valence-electron chi connectivity index (χ1n) is 10.8. The van der Waals surface area contributed by atoms with Crippen LogP contribution in [0, 0.1) is 12.3 Å². The summed E-state index contributed by atoms with van der Waals surface area (Å²) in [6.45, 7) is 9.97. The highest BCUT2D eigenvalue weighted by Gasteiger charge is 2.27. The first kappa shape index (κ1) is 21.8. The van der Waals surface area contributed by atoms with Gasteiger partial charge in [-0.3, -0.25) is 4.79 Å². The van der Waals surface area contributed by atoms with Crippen molar-refractivity contribution < 1.29 is 14.3 Å². The van der Waals surface area contributed by atoms with E-state index in [1.807, 2.05) is 26.0 Å². The van der Waals surface area contributed by atoms with E-state index in [9.17, 15) is 14.7 Å². The number of hydrogen-bond donors (Lipinski definition) is 2. The average Bonchev–Trinajstić information content (AvgIpc) is 2.74. The van der Waals surface area contributed by atoms with Gasteiger partial charge in [-0.05, 0) is 49.8 Å². The normalized spacial score (nSPS) is 16.7. The molecule has 0 saturated carbocycles. The molecule has 0 amide bonds. The Kier molecular flexibility index (Phi) is 5.62. The quantitative estimate of drug-likeness (QED) is 0.606. The van der Waals surface area contributed by atoms with E-state index in [2.05, 4.69) is 34.3 Å². The zero-order valence-corrected chi connectivity index (χ0v) is 18.8. The lowest BCUT2D eigenvalue weighted by Gasteiger charge is -2.37. The van der Waals surface area contributed by atoms with E-state index in [4.69, 9.17) is 4.42 Å². The Labute approximate surface area is 186 Å². The molecular formula is C24H28N4O4. The number of carbonyl (C=O) groups is 1. The maximum Gasteiger partial charge on any atom is 0.339 e. The number of nitrogens with one attached hydrogen (secondary N) is 1. The first-order chi connectivity index (χ1) is 15.1. The fourth-order valence-electron chi connectivity index (χ4n) is 4.13. The van der Waals surface area contributed by atoms with Crippen LogP contribution >= 0.6 is 0 Å². The molecule has 0 aliphatic carbocycles. The van der Waals surface area contributed by atoms with Gasteiger partial charge in [-0.1, -0.05) is 19.9 Å². The van der Waals surface area contributed by atoms with Crippen molar-refractivity contribution >= 4 is 28.6 Å². The van der Waals surface area contributed by atoms with Gasteiger partial charge in [-0.15, -0.1) is 5.10 Å². The molecule has 1 fully saturated rings. The second-order valence-electron chi connectivity index (χ2n) is 9.30. The van der Waals surface area contributed by atoms with Crippen molar-refractivity contribution in [2.75, 3.05) is 23.3 Å². The monoisotopic (exact) mass is 436 g/mol.